The van der Waals surface area contributed by atoms with Crippen molar-refractivity contribution in [2.45, 2.75) is 13.3 Å². The number of ketones is 1. The first kappa shape index (κ1) is 15.1. The third-order valence-corrected chi connectivity index (χ3v) is 3.98. The maximum absolute atomic E-state index is 13.6. The van der Waals surface area contributed by atoms with Gasteiger partial charge in [-0.25, -0.2) is 9.49 Å². The molecule has 0 spiro atoms. The van der Waals surface area contributed by atoms with Crippen molar-refractivity contribution in [3.05, 3.63) is 70.7 Å². The maximum Gasteiger partial charge on any atom is 0.227 e. The molecule has 0 saturated heterocycles. The van der Waals surface area contributed by atoms with E-state index in [1.807, 2.05) is 13.0 Å². The number of fused-ring (bicyclic) bond motifs is 1. The van der Waals surface area contributed by atoms with Crippen LogP contribution in [0.2, 0.25) is 0 Å². The molecule has 8 heteroatoms. The number of carbonyl (C=O) groups excluding carboxylic acids is 1. The molecule has 3 heterocycles. The average molecular weight is 336 g/mol. The Hall–Kier alpha value is -3.42. The number of carbonyl (C=O) groups is 1. The van der Waals surface area contributed by atoms with E-state index < -0.39 is 0 Å². The van der Waals surface area contributed by atoms with Crippen LogP contribution in [0.1, 0.15) is 33.1 Å². The highest BCUT2D eigenvalue weighted by Crippen LogP contribution is 2.26. The number of benzene rings is 1. The third kappa shape index (κ3) is 2.78. The Morgan fingerprint density at radius 2 is 2.12 bits per heavy atom. The van der Waals surface area contributed by atoms with Gasteiger partial charge < -0.3 is 4.98 Å². The van der Waals surface area contributed by atoms with Crippen molar-refractivity contribution in [2.75, 3.05) is 0 Å². The Balaban J connectivity index is 1.88. The highest BCUT2D eigenvalue weighted by atomic mass is 19.1. The Kier molecular flexibility index (Phi) is 3.57. The molecular weight excluding hydrogens is 323 g/mol. The Labute approximate surface area is 141 Å². The lowest BCUT2D eigenvalue weighted by Crippen LogP contribution is -2.08. The second-order valence-electron chi connectivity index (χ2n) is 5.74. The molecule has 0 atom stereocenters. The molecule has 25 heavy (non-hydrogen) atoms. The lowest BCUT2D eigenvalue weighted by Gasteiger charge is -2.03. The molecule has 3 aromatic heterocycles. The van der Waals surface area contributed by atoms with E-state index >= 15 is 0 Å². The number of hydrogen-bond donors (Lipinski definition) is 2. The lowest BCUT2D eigenvalue weighted by molar-refractivity contribution is 0.102. The van der Waals surface area contributed by atoms with Crippen LogP contribution < -0.4 is 0 Å². The van der Waals surface area contributed by atoms with Crippen LogP contribution >= 0.6 is 0 Å². The van der Waals surface area contributed by atoms with Crippen LogP contribution in [0.5, 0.6) is 0 Å². The number of aromatic nitrogens is 6. The summed E-state index contributed by atoms with van der Waals surface area (Å²) in [5.41, 5.74) is 2.85. The van der Waals surface area contributed by atoms with Gasteiger partial charge in [-0.3, -0.25) is 9.78 Å². The fourth-order valence-corrected chi connectivity index (χ4v) is 2.81. The summed E-state index contributed by atoms with van der Waals surface area (Å²) < 4.78 is 13.6. The van der Waals surface area contributed by atoms with Crippen LogP contribution in [-0.4, -0.2) is 36.4 Å². The standard InChI is InChI=1S/C17H13FN6O/c1-9-4-5-19-14(6-9)17(25)16-12(8-15-21-23-24-22-15)11-3-2-10(18)7-13(11)20-16/h2-7,20H,8H2,1H3,(H,21,22,23,24). The topological polar surface area (TPSA) is 100 Å². The van der Waals surface area contributed by atoms with Crippen LogP contribution in [0.25, 0.3) is 10.9 Å². The minimum absolute atomic E-state index is 0.261. The van der Waals surface area contributed by atoms with Gasteiger partial charge in [0.05, 0.1) is 5.69 Å². The van der Waals surface area contributed by atoms with Crippen LogP contribution in [0, 0.1) is 12.7 Å². The molecule has 0 fully saturated rings. The van der Waals surface area contributed by atoms with Gasteiger partial charge in [0.25, 0.3) is 0 Å². The zero-order valence-corrected chi connectivity index (χ0v) is 13.2. The summed E-state index contributed by atoms with van der Waals surface area (Å²) in [5, 5.41) is 14.4. The molecular formula is C17H13FN6O. The van der Waals surface area contributed by atoms with Crippen molar-refractivity contribution in [3.8, 4) is 0 Å². The molecule has 0 unspecified atom stereocenters. The lowest BCUT2D eigenvalue weighted by atomic mass is 10.0. The minimum atomic E-state index is -0.380. The molecule has 7 nitrogen and oxygen atoms in total. The molecule has 4 rings (SSSR count). The molecule has 124 valence electrons. The van der Waals surface area contributed by atoms with Gasteiger partial charge in [0, 0.05) is 23.5 Å². The second-order valence-corrected chi connectivity index (χ2v) is 5.74. The van der Waals surface area contributed by atoms with Gasteiger partial charge in [-0.1, -0.05) is 0 Å². The predicted molar refractivity (Wildman–Crippen MR) is 87.6 cm³/mol. The second kappa shape index (κ2) is 5.90. The van der Waals surface area contributed by atoms with E-state index in [1.165, 1.54) is 12.1 Å². The summed E-state index contributed by atoms with van der Waals surface area (Å²) in [6.45, 7) is 1.89. The zero-order valence-electron chi connectivity index (χ0n) is 13.2. The number of tetrazole rings is 1. The van der Waals surface area contributed by atoms with Crippen molar-refractivity contribution >= 4 is 16.7 Å². The van der Waals surface area contributed by atoms with Crippen molar-refractivity contribution in [3.63, 3.8) is 0 Å². The fourth-order valence-electron chi connectivity index (χ4n) is 2.81. The summed E-state index contributed by atoms with van der Waals surface area (Å²) in [7, 11) is 0. The Bertz CT molecular complexity index is 1070. The van der Waals surface area contributed by atoms with Gasteiger partial charge in [0.1, 0.15) is 11.5 Å². The minimum Gasteiger partial charge on any atom is -0.351 e. The number of hydrogen-bond acceptors (Lipinski definition) is 5. The predicted octanol–water partition coefficient (Wildman–Crippen LogP) is 2.35. The molecule has 0 saturated carbocycles. The summed E-state index contributed by atoms with van der Waals surface area (Å²) in [4.78, 5) is 20.1. The van der Waals surface area contributed by atoms with Crippen molar-refractivity contribution < 1.29 is 9.18 Å². The molecule has 2 N–H and O–H groups in total. The van der Waals surface area contributed by atoms with Gasteiger partial charge in [0.15, 0.2) is 5.82 Å². The van der Waals surface area contributed by atoms with E-state index in [4.69, 9.17) is 0 Å². The maximum atomic E-state index is 13.6. The van der Waals surface area contributed by atoms with Crippen molar-refractivity contribution in [1.82, 2.24) is 30.6 Å². The number of rotatable bonds is 4. The van der Waals surface area contributed by atoms with Gasteiger partial charge in [0.2, 0.25) is 5.78 Å². The Morgan fingerprint density at radius 1 is 1.24 bits per heavy atom. The number of pyridine rings is 1. The van der Waals surface area contributed by atoms with Crippen LogP contribution in [0.3, 0.4) is 0 Å². The third-order valence-electron chi connectivity index (χ3n) is 3.98. The fraction of sp³-hybridized carbons (Fsp3) is 0.118. The van der Waals surface area contributed by atoms with Gasteiger partial charge in [-0.15, -0.1) is 5.10 Å². The summed E-state index contributed by atoms with van der Waals surface area (Å²) >= 11 is 0. The monoisotopic (exact) mass is 336 g/mol. The largest absolute Gasteiger partial charge is 0.351 e. The zero-order chi connectivity index (χ0) is 17.4. The first-order valence-corrected chi connectivity index (χ1v) is 7.62. The average Bonchev–Trinajstić information content (AvgIpc) is 3.22. The molecule has 0 radical (unpaired) electrons. The molecule has 4 aromatic rings. The molecule has 0 aliphatic carbocycles. The number of nitrogens with zero attached hydrogens (tertiary/aromatic N) is 4. The first-order valence-electron chi connectivity index (χ1n) is 7.62. The molecule has 0 aliphatic heterocycles. The van der Waals surface area contributed by atoms with E-state index in [9.17, 15) is 9.18 Å². The van der Waals surface area contributed by atoms with Crippen LogP contribution in [0.4, 0.5) is 4.39 Å². The Morgan fingerprint density at radius 3 is 2.88 bits per heavy atom. The van der Waals surface area contributed by atoms with Crippen LogP contribution in [0.15, 0.2) is 36.5 Å². The van der Waals surface area contributed by atoms with Gasteiger partial charge in [-0.2, -0.15) is 0 Å². The number of halogens is 1. The quantitative estimate of drug-likeness (QED) is 0.557. The van der Waals surface area contributed by atoms with Crippen molar-refractivity contribution in [1.29, 1.82) is 0 Å². The highest BCUT2D eigenvalue weighted by Gasteiger charge is 2.21. The normalized spacial score (nSPS) is 11.1. The van der Waals surface area contributed by atoms with E-state index in [-0.39, 0.29) is 11.6 Å². The van der Waals surface area contributed by atoms with E-state index in [2.05, 4.69) is 30.6 Å². The van der Waals surface area contributed by atoms with E-state index in [1.54, 1.807) is 18.3 Å². The number of aromatic amines is 2. The summed E-state index contributed by atoms with van der Waals surface area (Å²) in [5.74, 6) is -0.131. The van der Waals surface area contributed by atoms with Crippen molar-refractivity contribution in [2.24, 2.45) is 0 Å². The summed E-state index contributed by atoms with van der Waals surface area (Å²) in [6, 6.07) is 7.89. The van der Waals surface area contributed by atoms with Crippen LogP contribution in [-0.2, 0) is 6.42 Å². The molecule has 0 aliphatic rings. The smallest absolute Gasteiger partial charge is 0.227 e. The SMILES string of the molecule is Cc1ccnc(C(=O)c2[nH]c3cc(F)ccc3c2Cc2nnn[nH]2)c1. The first-order chi connectivity index (χ1) is 12.1. The molecule has 0 bridgehead atoms. The van der Waals surface area contributed by atoms with Gasteiger partial charge in [-0.05, 0) is 58.8 Å². The van der Waals surface area contributed by atoms with E-state index in [0.29, 0.717) is 34.7 Å². The van der Waals surface area contributed by atoms with E-state index in [0.717, 1.165) is 10.9 Å². The number of H-pyrrole nitrogens is 2. The number of aryl methyl sites for hydroxylation is 1. The highest BCUT2D eigenvalue weighted by molar-refractivity contribution is 6.10. The molecule has 0 amide bonds. The summed E-state index contributed by atoms with van der Waals surface area (Å²) in [6.07, 6.45) is 1.90. The molecule has 1 aromatic carbocycles. The van der Waals surface area contributed by atoms with Gasteiger partial charge >= 0.3 is 0 Å². The number of nitrogens with one attached hydrogen (secondary N) is 2.